The summed E-state index contributed by atoms with van der Waals surface area (Å²) in [6, 6.07) is 9.96. The molecule has 1 amide bonds. The van der Waals surface area contributed by atoms with Gasteiger partial charge in [0.1, 0.15) is 0 Å². The number of rotatable bonds is 6. The lowest BCUT2D eigenvalue weighted by atomic mass is 10.0. The van der Waals surface area contributed by atoms with Gasteiger partial charge in [0.15, 0.2) is 0 Å². The van der Waals surface area contributed by atoms with Crippen molar-refractivity contribution < 1.29 is 4.79 Å². The number of halogens is 1. The summed E-state index contributed by atoms with van der Waals surface area (Å²) in [4.78, 5) is 11.9. The molecule has 1 aliphatic rings. The number of aromatic nitrogens is 2. The molecular weight excluding hydrogens is 312 g/mol. The van der Waals surface area contributed by atoms with E-state index in [1.807, 2.05) is 41.2 Å². The number of para-hydroxylation sites is 1. The van der Waals surface area contributed by atoms with Gasteiger partial charge in [-0.3, -0.25) is 4.79 Å². The Labute approximate surface area is 142 Å². The van der Waals surface area contributed by atoms with Crippen molar-refractivity contribution in [1.29, 1.82) is 0 Å². The SMILES string of the molecule is Cl.O=C(CCC1CCNC1)NCc1cnn(-c2ccccc2)c1. The molecule has 1 unspecified atom stereocenters. The van der Waals surface area contributed by atoms with Crippen LogP contribution in [0.1, 0.15) is 24.8 Å². The van der Waals surface area contributed by atoms with Gasteiger partial charge in [-0.1, -0.05) is 18.2 Å². The molecule has 124 valence electrons. The number of carbonyl (C=O) groups is 1. The first-order valence-electron chi connectivity index (χ1n) is 7.87. The average molecular weight is 335 g/mol. The Morgan fingerprint density at radius 3 is 2.91 bits per heavy atom. The van der Waals surface area contributed by atoms with Crippen LogP contribution >= 0.6 is 12.4 Å². The molecule has 1 aromatic heterocycles. The van der Waals surface area contributed by atoms with Crippen LogP contribution in [0, 0.1) is 5.92 Å². The fourth-order valence-electron chi connectivity index (χ4n) is 2.76. The highest BCUT2D eigenvalue weighted by molar-refractivity contribution is 5.85. The molecule has 0 aliphatic carbocycles. The van der Waals surface area contributed by atoms with Crippen molar-refractivity contribution in [3.63, 3.8) is 0 Å². The van der Waals surface area contributed by atoms with Crippen molar-refractivity contribution in [2.75, 3.05) is 13.1 Å². The predicted octanol–water partition coefficient (Wildman–Crippen LogP) is 2.30. The van der Waals surface area contributed by atoms with Crippen molar-refractivity contribution in [3.8, 4) is 5.69 Å². The summed E-state index contributed by atoms with van der Waals surface area (Å²) in [5.41, 5.74) is 2.04. The van der Waals surface area contributed by atoms with Crippen LogP contribution in [-0.2, 0) is 11.3 Å². The maximum Gasteiger partial charge on any atom is 0.220 e. The zero-order valence-electron chi connectivity index (χ0n) is 13.1. The smallest absolute Gasteiger partial charge is 0.220 e. The molecule has 2 heterocycles. The van der Waals surface area contributed by atoms with E-state index in [0.29, 0.717) is 18.9 Å². The molecule has 6 heteroatoms. The Bertz CT molecular complexity index is 608. The lowest BCUT2D eigenvalue weighted by Gasteiger charge is -2.08. The molecule has 23 heavy (non-hydrogen) atoms. The highest BCUT2D eigenvalue weighted by Crippen LogP contribution is 2.14. The summed E-state index contributed by atoms with van der Waals surface area (Å²) in [5, 5.41) is 10.6. The standard InChI is InChI=1S/C17H22N4O.ClH/c22-17(7-6-14-8-9-18-10-14)19-11-15-12-20-21(13-15)16-4-2-1-3-5-16;/h1-5,12-14,18H,6-11H2,(H,19,22);1H. The highest BCUT2D eigenvalue weighted by atomic mass is 35.5. The summed E-state index contributed by atoms with van der Waals surface area (Å²) in [6.45, 7) is 2.68. The topological polar surface area (TPSA) is 59.0 Å². The number of nitrogens with one attached hydrogen (secondary N) is 2. The zero-order valence-corrected chi connectivity index (χ0v) is 13.9. The fraction of sp³-hybridized carbons (Fsp3) is 0.412. The van der Waals surface area contributed by atoms with Crippen molar-refractivity contribution in [3.05, 3.63) is 48.3 Å². The third-order valence-electron chi connectivity index (χ3n) is 4.09. The van der Waals surface area contributed by atoms with Crippen molar-refractivity contribution in [2.24, 2.45) is 5.92 Å². The first kappa shape index (κ1) is 17.5. The number of amides is 1. The van der Waals surface area contributed by atoms with Crippen molar-refractivity contribution in [1.82, 2.24) is 20.4 Å². The van der Waals surface area contributed by atoms with E-state index in [1.165, 1.54) is 6.42 Å². The van der Waals surface area contributed by atoms with Gasteiger partial charge < -0.3 is 10.6 Å². The molecule has 1 aromatic carbocycles. The Hall–Kier alpha value is -1.85. The molecule has 0 spiro atoms. The number of benzene rings is 1. The summed E-state index contributed by atoms with van der Waals surface area (Å²) >= 11 is 0. The van der Waals surface area contributed by atoms with Crippen LogP contribution < -0.4 is 10.6 Å². The van der Waals surface area contributed by atoms with Gasteiger partial charge in [0.25, 0.3) is 0 Å². The summed E-state index contributed by atoms with van der Waals surface area (Å²) in [5.74, 6) is 0.783. The Morgan fingerprint density at radius 1 is 1.35 bits per heavy atom. The van der Waals surface area contributed by atoms with E-state index in [1.54, 1.807) is 6.20 Å². The highest BCUT2D eigenvalue weighted by Gasteiger charge is 2.15. The maximum absolute atomic E-state index is 11.9. The first-order valence-corrected chi connectivity index (χ1v) is 7.87. The van der Waals surface area contributed by atoms with Gasteiger partial charge in [-0.2, -0.15) is 5.10 Å². The summed E-state index contributed by atoms with van der Waals surface area (Å²) < 4.78 is 1.83. The molecule has 5 nitrogen and oxygen atoms in total. The zero-order chi connectivity index (χ0) is 15.2. The monoisotopic (exact) mass is 334 g/mol. The molecule has 0 saturated carbocycles. The quantitative estimate of drug-likeness (QED) is 0.852. The molecule has 2 aromatic rings. The van der Waals surface area contributed by atoms with E-state index >= 15 is 0 Å². The number of carbonyl (C=O) groups excluding carboxylic acids is 1. The largest absolute Gasteiger partial charge is 0.352 e. The molecular formula is C17H23ClN4O. The maximum atomic E-state index is 11.9. The first-order chi connectivity index (χ1) is 10.8. The van der Waals surface area contributed by atoms with Crippen molar-refractivity contribution >= 4 is 18.3 Å². The fourth-order valence-corrected chi connectivity index (χ4v) is 2.76. The minimum atomic E-state index is 0. The third kappa shape index (κ3) is 5.08. The second kappa shape index (κ2) is 8.70. The van der Waals surface area contributed by atoms with Crippen LogP contribution in [-0.4, -0.2) is 28.8 Å². The molecule has 1 saturated heterocycles. The lowest BCUT2D eigenvalue weighted by Crippen LogP contribution is -2.23. The van der Waals surface area contributed by atoms with Crippen LogP contribution in [0.15, 0.2) is 42.7 Å². The van der Waals surface area contributed by atoms with Gasteiger partial charge >= 0.3 is 0 Å². The average Bonchev–Trinajstić information content (AvgIpc) is 3.23. The molecule has 1 atom stereocenters. The molecule has 0 radical (unpaired) electrons. The van der Waals surface area contributed by atoms with Gasteiger partial charge in [0.05, 0.1) is 11.9 Å². The normalized spacial score (nSPS) is 16.8. The second-order valence-corrected chi connectivity index (χ2v) is 5.80. The molecule has 0 bridgehead atoms. The van der Waals surface area contributed by atoms with Gasteiger partial charge in [0, 0.05) is 24.7 Å². The van der Waals surface area contributed by atoms with E-state index in [0.717, 1.165) is 30.8 Å². The summed E-state index contributed by atoms with van der Waals surface area (Å²) in [6.07, 6.45) is 6.53. The Balaban J connectivity index is 0.00000192. The van der Waals surface area contributed by atoms with Crippen LogP contribution in [0.2, 0.25) is 0 Å². The Morgan fingerprint density at radius 2 is 2.17 bits per heavy atom. The van der Waals surface area contributed by atoms with E-state index < -0.39 is 0 Å². The summed E-state index contributed by atoms with van der Waals surface area (Å²) in [7, 11) is 0. The minimum Gasteiger partial charge on any atom is -0.352 e. The van der Waals surface area contributed by atoms with Gasteiger partial charge in [-0.15, -0.1) is 12.4 Å². The lowest BCUT2D eigenvalue weighted by molar-refractivity contribution is -0.121. The predicted molar refractivity (Wildman–Crippen MR) is 92.9 cm³/mol. The van der Waals surface area contributed by atoms with E-state index in [9.17, 15) is 4.79 Å². The third-order valence-corrected chi connectivity index (χ3v) is 4.09. The van der Waals surface area contributed by atoms with E-state index in [2.05, 4.69) is 15.7 Å². The van der Waals surface area contributed by atoms with Crippen molar-refractivity contribution in [2.45, 2.75) is 25.8 Å². The van der Waals surface area contributed by atoms with E-state index in [4.69, 9.17) is 0 Å². The van der Waals surface area contributed by atoms with E-state index in [-0.39, 0.29) is 18.3 Å². The molecule has 1 fully saturated rings. The van der Waals surface area contributed by atoms with Gasteiger partial charge in [0.2, 0.25) is 5.91 Å². The second-order valence-electron chi connectivity index (χ2n) is 5.80. The molecule has 2 N–H and O–H groups in total. The van der Waals surface area contributed by atoms with Gasteiger partial charge in [-0.25, -0.2) is 4.68 Å². The molecule has 3 rings (SSSR count). The molecule has 1 aliphatic heterocycles. The Kier molecular flexibility index (Phi) is 6.62. The number of hydrogen-bond acceptors (Lipinski definition) is 3. The van der Waals surface area contributed by atoms with Gasteiger partial charge in [-0.05, 0) is 44.0 Å². The van der Waals surface area contributed by atoms with Crippen LogP contribution in [0.3, 0.4) is 0 Å². The number of hydrogen-bond donors (Lipinski definition) is 2. The van der Waals surface area contributed by atoms with Crippen LogP contribution in [0.4, 0.5) is 0 Å². The van der Waals surface area contributed by atoms with Crippen LogP contribution in [0.25, 0.3) is 5.69 Å². The number of nitrogens with zero attached hydrogens (tertiary/aromatic N) is 2. The van der Waals surface area contributed by atoms with Crippen LogP contribution in [0.5, 0.6) is 0 Å². The minimum absolute atomic E-state index is 0.